The van der Waals surface area contributed by atoms with Gasteiger partial charge in [0.2, 0.25) is 11.8 Å². The quantitative estimate of drug-likeness (QED) is 0.713. The Kier molecular flexibility index (Phi) is 5.11. The minimum atomic E-state index is 0.575. The molecule has 2 heterocycles. The minimum Gasteiger partial charge on any atom is -0.477 e. The van der Waals surface area contributed by atoms with Gasteiger partial charge in [0.15, 0.2) is 5.65 Å². The Balaban J connectivity index is 2.07. The van der Waals surface area contributed by atoms with Crippen LogP contribution in [0.2, 0.25) is 0 Å². The fourth-order valence-electron chi connectivity index (χ4n) is 1.78. The molecule has 0 bridgehead atoms. The highest BCUT2D eigenvalue weighted by atomic mass is 16.5. The van der Waals surface area contributed by atoms with Crippen LogP contribution in [0, 0.1) is 0 Å². The molecule has 0 atom stereocenters. The molecule has 7 nitrogen and oxygen atoms in total. The average molecular weight is 278 g/mol. The number of hydrogen-bond acceptors (Lipinski definition) is 6. The molecular weight excluding hydrogens is 256 g/mol. The molecule has 0 aliphatic heterocycles. The number of ether oxygens (including phenoxy) is 1. The smallest absolute Gasteiger partial charge is 0.229 e. The first-order valence-corrected chi connectivity index (χ1v) is 6.93. The second-order valence-electron chi connectivity index (χ2n) is 4.92. The molecule has 0 aromatic carbocycles. The van der Waals surface area contributed by atoms with Gasteiger partial charge in [0.25, 0.3) is 0 Å². The number of aromatic nitrogens is 4. The van der Waals surface area contributed by atoms with Crippen LogP contribution in [0.25, 0.3) is 11.0 Å². The summed E-state index contributed by atoms with van der Waals surface area (Å²) in [5, 5.41) is 10.8. The van der Waals surface area contributed by atoms with Gasteiger partial charge in [-0.05, 0) is 26.9 Å². The standard InChI is InChI=1S/C13H22N6O/c1-4-6-14-13-16-11-10(9-15-18-11)12(17-13)20-8-5-7-19(2)3/h9H,4-8H2,1-3H3,(H2,14,15,16,17,18). The van der Waals surface area contributed by atoms with Crippen LogP contribution in [-0.2, 0) is 0 Å². The van der Waals surface area contributed by atoms with Crippen molar-refractivity contribution in [2.45, 2.75) is 19.8 Å². The molecule has 0 aliphatic rings. The number of aromatic amines is 1. The number of hydrogen-bond donors (Lipinski definition) is 2. The van der Waals surface area contributed by atoms with E-state index < -0.39 is 0 Å². The third-order valence-corrected chi connectivity index (χ3v) is 2.80. The lowest BCUT2D eigenvalue weighted by Crippen LogP contribution is -2.16. The summed E-state index contributed by atoms with van der Waals surface area (Å²) in [6, 6.07) is 0. The first-order chi connectivity index (χ1) is 9.70. The zero-order valence-corrected chi connectivity index (χ0v) is 12.3. The average Bonchev–Trinajstić information content (AvgIpc) is 2.89. The van der Waals surface area contributed by atoms with Crippen molar-refractivity contribution in [3.63, 3.8) is 0 Å². The predicted octanol–water partition coefficient (Wildman–Crippen LogP) is 1.51. The molecule has 0 spiro atoms. The van der Waals surface area contributed by atoms with Gasteiger partial charge in [-0.25, -0.2) is 0 Å². The van der Waals surface area contributed by atoms with Crippen LogP contribution in [0.5, 0.6) is 5.88 Å². The third kappa shape index (κ3) is 3.80. The van der Waals surface area contributed by atoms with Crippen molar-refractivity contribution < 1.29 is 4.74 Å². The molecule has 20 heavy (non-hydrogen) atoms. The molecule has 0 unspecified atom stereocenters. The summed E-state index contributed by atoms with van der Waals surface area (Å²) in [5.41, 5.74) is 0.696. The number of anilines is 1. The van der Waals surface area contributed by atoms with E-state index in [0.29, 0.717) is 24.1 Å². The zero-order valence-electron chi connectivity index (χ0n) is 12.3. The van der Waals surface area contributed by atoms with Gasteiger partial charge < -0.3 is 15.0 Å². The Morgan fingerprint density at radius 1 is 1.35 bits per heavy atom. The molecule has 0 radical (unpaired) electrons. The van der Waals surface area contributed by atoms with Crippen LogP contribution >= 0.6 is 0 Å². The first kappa shape index (κ1) is 14.5. The van der Waals surface area contributed by atoms with Gasteiger partial charge in [-0.1, -0.05) is 6.92 Å². The van der Waals surface area contributed by atoms with E-state index in [4.69, 9.17) is 4.74 Å². The number of nitrogens with one attached hydrogen (secondary N) is 2. The molecule has 110 valence electrons. The topological polar surface area (TPSA) is 79.0 Å². The maximum Gasteiger partial charge on any atom is 0.229 e. The lowest BCUT2D eigenvalue weighted by molar-refractivity contribution is 0.276. The molecule has 7 heteroatoms. The summed E-state index contributed by atoms with van der Waals surface area (Å²) in [6.07, 6.45) is 3.66. The summed E-state index contributed by atoms with van der Waals surface area (Å²) in [5.74, 6) is 1.16. The highest BCUT2D eigenvalue weighted by Gasteiger charge is 2.10. The summed E-state index contributed by atoms with van der Waals surface area (Å²) >= 11 is 0. The SMILES string of the molecule is CCCNc1nc(OCCCN(C)C)c2cn[nH]c2n1. The van der Waals surface area contributed by atoms with E-state index in [1.54, 1.807) is 6.20 Å². The summed E-state index contributed by atoms with van der Waals surface area (Å²) < 4.78 is 5.77. The highest BCUT2D eigenvalue weighted by molar-refractivity contribution is 5.80. The van der Waals surface area contributed by atoms with E-state index in [0.717, 1.165) is 31.3 Å². The van der Waals surface area contributed by atoms with Crippen LogP contribution in [0.15, 0.2) is 6.20 Å². The van der Waals surface area contributed by atoms with Crippen molar-refractivity contribution in [1.82, 2.24) is 25.1 Å². The van der Waals surface area contributed by atoms with E-state index in [9.17, 15) is 0 Å². The van der Waals surface area contributed by atoms with Crippen molar-refractivity contribution in [2.75, 3.05) is 39.1 Å². The molecule has 0 aliphatic carbocycles. The predicted molar refractivity (Wildman–Crippen MR) is 79.1 cm³/mol. The van der Waals surface area contributed by atoms with Crippen LogP contribution in [-0.4, -0.2) is 58.9 Å². The van der Waals surface area contributed by atoms with Gasteiger partial charge in [-0.2, -0.15) is 15.1 Å². The van der Waals surface area contributed by atoms with Crippen LogP contribution in [0.1, 0.15) is 19.8 Å². The van der Waals surface area contributed by atoms with Crippen molar-refractivity contribution in [1.29, 1.82) is 0 Å². The summed E-state index contributed by atoms with van der Waals surface area (Å²) in [4.78, 5) is 10.9. The third-order valence-electron chi connectivity index (χ3n) is 2.80. The van der Waals surface area contributed by atoms with Crippen molar-refractivity contribution >= 4 is 17.0 Å². The van der Waals surface area contributed by atoms with Crippen molar-refractivity contribution in [3.8, 4) is 5.88 Å². The van der Waals surface area contributed by atoms with Crippen molar-refractivity contribution in [3.05, 3.63) is 6.20 Å². The lowest BCUT2D eigenvalue weighted by atomic mass is 10.4. The lowest BCUT2D eigenvalue weighted by Gasteiger charge is -2.11. The molecule has 0 saturated carbocycles. The fourth-order valence-corrected chi connectivity index (χ4v) is 1.78. The van der Waals surface area contributed by atoms with E-state index in [1.807, 2.05) is 14.1 Å². The first-order valence-electron chi connectivity index (χ1n) is 6.93. The Bertz CT molecular complexity index is 539. The van der Waals surface area contributed by atoms with Crippen LogP contribution in [0.3, 0.4) is 0 Å². The summed E-state index contributed by atoms with van der Waals surface area (Å²) in [6.45, 7) is 4.54. The Morgan fingerprint density at radius 2 is 2.20 bits per heavy atom. The zero-order chi connectivity index (χ0) is 14.4. The Hall–Kier alpha value is -1.89. The molecule has 0 amide bonds. The maximum absolute atomic E-state index is 5.77. The molecule has 2 aromatic rings. The second-order valence-corrected chi connectivity index (χ2v) is 4.92. The van der Waals surface area contributed by atoms with E-state index in [1.165, 1.54) is 0 Å². The van der Waals surface area contributed by atoms with Gasteiger partial charge in [-0.3, -0.25) is 5.10 Å². The van der Waals surface area contributed by atoms with Crippen LogP contribution in [0.4, 0.5) is 5.95 Å². The number of H-pyrrole nitrogens is 1. The molecule has 2 N–H and O–H groups in total. The number of fused-ring (bicyclic) bond motifs is 1. The van der Waals surface area contributed by atoms with Gasteiger partial charge >= 0.3 is 0 Å². The highest BCUT2D eigenvalue weighted by Crippen LogP contribution is 2.22. The summed E-state index contributed by atoms with van der Waals surface area (Å²) in [7, 11) is 4.09. The van der Waals surface area contributed by atoms with Crippen LogP contribution < -0.4 is 10.1 Å². The largest absolute Gasteiger partial charge is 0.477 e. The van der Waals surface area contributed by atoms with Gasteiger partial charge in [-0.15, -0.1) is 0 Å². The van der Waals surface area contributed by atoms with E-state index in [-0.39, 0.29) is 0 Å². The number of rotatable bonds is 8. The molecular formula is C13H22N6O. The fraction of sp³-hybridized carbons (Fsp3) is 0.615. The second kappa shape index (κ2) is 7.04. The molecule has 2 rings (SSSR count). The van der Waals surface area contributed by atoms with E-state index in [2.05, 4.69) is 37.3 Å². The van der Waals surface area contributed by atoms with Crippen molar-refractivity contribution in [2.24, 2.45) is 0 Å². The maximum atomic E-state index is 5.77. The Morgan fingerprint density at radius 3 is 2.95 bits per heavy atom. The number of nitrogens with zero attached hydrogens (tertiary/aromatic N) is 4. The Labute approximate surface area is 118 Å². The molecule has 0 fully saturated rings. The minimum absolute atomic E-state index is 0.575. The van der Waals surface area contributed by atoms with Gasteiger partial charge in [0, 0.05) is 13.1 Å². The monoisotopic (exact) mass is 278 g/mol. The normalized spacial score (nSPS) is 11.2. The van der Waals surface area contributed by atoms with Gasteiger partial charge in [0.1, 0.15) is 5.39 Å². The van der Waals surface area contributed by atoms with E-state index >= 15 is 0 Å². The molecule has 0 saturated heterocycles. The molecule has 2 aromatic heterocycles. The van der Waals surface area contributed by atoms with Gasteiger partial charge in [0.05, 0.1) is 12.8 Å².